The van der Waals surface area contributed by atoms with E-state index in [9.17, 15) is 10.5 Å². The van der Waals surface area contributed by atoms with Crippen LogP contribution in [-0.2, 0) is 0 Å². The first-order valence-corrected chi connectivity index (χ1v) is 7.14. The van der Waals surface area contributed by atoms with Gasteiger partial charge in [-0.3, -0.25) is 0 Å². The SMILES string of the molecule is N#CC(C#N)C1C=C(c2ccc(Cl)cc2)Oc2ccccc21. The highest BCUT2D eigenvalue weighted by Crippen LogP contribution is 2.40. The van der Waals surface area contributed by atoms with Crippen LogP contribution >= 0.6 is 11.6 Å². The maximum absolute atomic E-state index is 9.24. The number of fused-ring (bicyclic) bond motifs is 1. The second-order valence-electron chi connectivity index (χ2n) is 4.94. The molecule has 106 valence electrons. The predicted molar refractivity (Wildman–Crippen MR) is 84.0 cm³/mol. The Hall–Kier alpha value is -2.75. The maximum atomic E-state index is 9.24. The van der Waals surface area contributed by atoms with E-state index in [0.29, 0.717) is 16.5 Å². The van der Waals surface area contributed by atoms with Gasteiger partial charge >= 0.3 is 0 Å². The predicted octanol–water partition coefficient (Wildman–Crippen LogP) is 4.52. The third kappa shape index (κ3) is 2.55. The van der Waals surface area contributed by atoms with Crippen LogP contribution in [0.5, 0.6) is 5.75 Å². The maximum Gasteiger partial charge on any atom is 0.143 e. The Kier molecular flexibility index (Phi) is 3.83. The smallest absolute Gasteiger partial charge is 0.143 e. The molecule has 1 heterocycles. The summed E-state index contributed by atoms with van der Waals surface area (Å²) in [4.78, 5) is 0. The fourth-order valence-corrected chi connectivity index (χ4v) is 2.61. The van der Waals surface area contributed by atoms with Gasteiger partial charge in [0.25, 0.3) is 0 Å². The van der Waals surface area contributed by atoms with E-state index in [0.717, 1.165) is 11.1 Å². The van der Waals surface area contributed by atoms with Gasteiger partial charge in [-0.05, 0) is 36.4 Å². The number of nitriles is 2. The lowest BCUT2D eigenvalue weighted by molar-refractivity contribution is 0.479. The molecule has 3 nitrogen and oxygen atoms in total. The molecule has 2 aromatic rings. The van der Waals surface area contributed by atoms with Crippen molar-refractivity contribution in [2.75, 3.05) is 0 Å². The molecule has 4 heteroatoms. The van der Waals surface area contributed by atoms with Crippen LogP contribution in [0.15, 0.2) is 54.6 Å². The van der Waals surface area contributed by atoms with Crippen molar-refractivity contribution >= 4 is 17.4 Å². The third-order valence-corrected chi connectivity index (χ3v) is 3.85. The monoisotopic (exact) mass is 306 g/mol. The lowest BCUT2D eigenvalue weighted by Gasteiger charge is -2.25. The number of ether oxygens (including phenoxy) is 1. The molecule has 0 bridgehead atoms. The minimum Gasteiger partial charge on any atom is -0.457 e. The molecule has 0 aromatic heterocycles. The van der Waals surface area contributed by atoms with E-state index in [4.69, 9.17) is 16.3 Å². The largest absolute Gasteiger partial charge is 0.457 e. The normalized spacial score (nSPS) is 16.0. The van der Waals surface area contributed by atoms with E-state index in [1.54, 1.807) is 12.1 Å². The van der Waals surface area contributed by atoms with E-state index in [2.05, 4.69) is 12.1 Å². The van der Waals surface area contributed by atoms with Crippen molar-refractivity contribution in [1.82, 2.24) is 0 Å². The molecule has 0 saturated heterocycles. The minimum atomic E-state index is -0.757. The number of para-hydroxylation sites is 1. The van der Waals surface area contributed by atoms with Gasteiger partial charge in [-0.15, -0.1) is 0 Å². The van der Waals surface area contributed by atoms with Crippen molar-refractivity contribution in [3.8, 4) is 17.9 Å². The molecule has 1 atom stereocenters. The molecule has 3 rings (SSSR count). The topological polar surface area (TPSA) is 56.8 Å². The van der Waals surface area contributed by atoms with Gasteiger partial charge in [-0.1, -0.05) is 29.8 Å². The summed E-state index contributed by atoms with van der Waals surface area (Å²) in [6.45, 7) is 0. The number of hydrogen-bond acceptors (Lipinski definition) is 3. The van der Waals surface area contributed by atoms with Crippen molar-refractivity contribution in [1.29, 1.82) is 10.5 Å². The van der Waals surface area contributed by atoms with E-state index in [1.165, 1.54) is 0 Å². The van der Waals surface area contributed by atoms with Gasteiger partial charge in [0.15, 0.2) is 0 Å². The van der Waals surface area contributed by atoms with Gasteiger partial charge in [0, 0.05) is 22.1 Å². The summed E-state index contributed by atoms with van der Waals surface area (Å²) in [7, 11) is 0. The summed E-state index contributed by atoms with van der Waals surface area (Å²) >= 11 is 5.91. The van der Waals surface area contributed by atoms with Crippen molar-refractivity contribution in [3.63, 3.8) is 0 Å². The van der Waals surface area contributed by atoms with E-state index in [1.807, 2.05) is 42.5 Å². The van der Waals surface area contributed by atoms with Crippen molar-refractivity contribution < 1.29 is 4.74 Å². The second kappa shape index (κ2) is 5.93. The van der Waals surface area contributed by atoms with E-state index < -0.39 is 5.92 Å². The summed E-state index contributed by atoms with van der Waals surface area (Å²) in [5.41, 5.74) is 1.71. The average molecular weight is 307 g/mol. The molecule has 0 aliphatic carbocycles. The highest BCUT2D eigenvalue weighted by atomic mass is 35.5. The zero-order valence-corrected chi connectivity index (χ0v) is 12.3. The molecule has 0 radical (unpaired) electrons. The van der Waals surface area contributed by atoms with Gasteiger partial charge < -0.3 is 4.74 Å². The zero-order valence-electron chi connectivity index (χ0n) is 11.5. The lowest BCUT2D eigenvalue weighted by Crippen LogP contribution is -2.15. The summed E-state index contributed by atoms with van der Waals surface area (Å²) in [6.07, 6.45) is 1.84. The van der Waals surface area contributed by atoms with Gasteiger partial charge in [0.05, 0.1) is 12.1 Å². The Morgan fingerprint density at radius 1 is 1.00 bits per heavy atom. The first-order valence-electron chi connectivity index (χ1n) is 6.76. The Morgan fingerprint density at radius 2 is 1.68 bits per heavy atom. The Bertz CT molecular complexity index is 798. The Balaban J connectivity index is 2.09. The van der Waals surface area contributed by atoms with Gasteiger partial charge in [-0.2, -0.15) is 10.5 Å². The Morgan fingerprint density at radius 3 is 2.36 bits per heavy atom. The zero-order chi connectivity index (χ0) is 15.5. The van der Waals surface area contributed by atoms with Crippen LogP contribution in [0.25, 0.3) is 5.76 Å². The average Bonchev–Trinajstić information content (AvgIpc) is 2.56. The molecule has 1 aliphatic rings. The molecular weight excluding hydrogens is 296 g/mol. The fraction of sp³-hybridized carbons (Fsp3) is 0.111. The van der Waals surface area contributed by atoms with Crippen LogP contribution in [0, 0.1) is 28.6 Å². The van der Waals surface area contributed by atoms with Gasteiger partial charge in [0.1, 0.15) is 17.4 Å². The van der Waals surface area contributed by atoms with Crippen LogP contribution in [0.2, 0.25) is 5.02 Å². The van der Waals surface area contributed by atoms with Gasteiger partial charge in [0.2, 0.25) is 0 Å². The summed E-state index contributed by atoms with van der Waals surface area (Å²) < 4.78 is 5.93. The van der Waals surface area contributed by atoms with Crippen molar-refractivity contribution in [2.45, 2.75) is 5.92 Å². The number of nitrogens with zero attached hydrogens (tertiary/aromatic N) is 2. The number of benzene rings is 2. The number of rotatable bonds is 2. The summed E-state index contributed by atoms with van der Waals surface area (Å²) in [6, 6.07) is 18.9. The standard InChI is InChI=1S/C18H11ClN2O/c19-14-7-5-12(6-8-14)18-9-16(13(10-20)11-21)15-3-1-2-4-17(15)22-18/h1-9,13,16H. The van der Waals surface area contributed by atoms with Crippen LogP contribution in [0.3, 0.4) is 0 Å². The lowest BCUT2D eigenvalue weighted by atomic mass is 9.84. The molecule has 0 fully saturated rings. The molecule has 22 heavy (non-hydrogen) atoms. The highest BCUT2D eigenvalue weighted by Gasteiger charge is 2.29. The number of halogens is 1. The highest BCUT2D eigenvalue weighted by molar-refractivity contribution is 6.30. The molecule has 0 spiro atoms. The molecule has 0 amide bonds. The Labute approximate surface area is 133 Å². The molecule has 2 aromatic carbocycles. The molecule has 1 unspecified atom stereocenters. The van der Waals surface area contributed by atoms with Crippen LogP contribution < -0.4 is 4.74 Å². The number of allylic oxidation sites excluding steroid dienone is 1. The van der Waals surface area contributed by atoms with E-state index >= 15 is 0 Å². The summed E-state index contributed by atoms with van der Waals surface area (Å²) in [5, 5.41) is 19.1. The molecule has 1 aliphatic heterocycles. The van der Waals surface area contributed by atoms with Crippen LogP contribution in [0.4, 0.5) is 0 Å². The van der Waals surface area contributed by atoms with Crippen LogP contribution in [0.1, 0.15) is 17.0 Å². The van der Waals surface area contributed by atoms with Crippen LogP contribution in [-0.4, -0.2) is 0 Å². The van der Waals surface area contributed by atoms with Crippen molar-refractivity contribution in [2.24, 2.45) is 5.92 Å². The molecule has 0 N–H and O–H groups in total. The summed E-state index contributed by atoms with van der Waals surface area (Å²) in [5.74, 6) is 0.240. The fourth-order valence-electron chi connectivity index (χ4n) is 2.49. The quantitative estimate of drug-likeness (QED) is 0.819. The van der Waals surface area contributed by atoms with Gasteiger partial charge in [-0.25, -0.2) is 0 Å². The number of hydrogen-bond donors (Lipinski definition) is 0. The second-order valence-corrected chi connectivity index (χ2v) is 5.38. The third-order valence-electron chi connectivity index (χ3n) is 3.60. The minimum absolute atomic E-state index is 0.314. The van der Waals surface area contributed by atoms with Crippen molar-refractivity contribution in [3.05, 3.63) is 70.8 Å². The van der Waals surface area contributed by atoms with E-state index in [-0.39, 0.29) is 5.92 Å². The molecular formula is C18H11ClN2O. The first kappa shape index (κ1) is 14.2. The first-order chi connectivity index (χ1) is 10.7. The molecule has 0 saturated carbocycles.